The van der Waals surface area contributed by atoms with Gasteiger partial charge in [-0.15, -0.1) is 0 Å². The van der Waals surface area contributed by atoms with E-state index >= 15 is 0 Å². The van der Waals surface area contributed by atoms with E-state index in [-0.39, 0.29) is 69.5 Å². The summed E-state index contributed by atoms with van der Waals surface area (Å²) in [7, 11) is 2.76. The number of imidazole rings is 2. The highest BCUT2D eigenvalue weighted by Crippen LogP contribution is 2.37. The Morgan fingerprint density at radius 2 is 0.979 bits per heavy atom. The lowest BCUT2D eigenvalue weighted by Gasteiger charge is -2.15. The van der Waals surface area contributed by atoms with Crippen LogP contribution in [0, 0.1) is 0 Å². The minimum atomic E-state index is -1.17. The van der Waals surface area contributed by atoms with E-state index in [4.69, 9.17) is 30.9 Å². The highest BCUT2D eigenvalue weighted by molar-refractivity contribution is 6.04. The molecule has 0 bridgehead atoms. The average Bonchev–Trinajstić information content (AvgIpc) is 3.64. The Morgan fingerprint density at radius 3 is 1.31 bits per heavy atom. The second-order valence-corrected chi connectivity index (χ2v) is 10.6. The number of carboxylic acid groups (broad SMARTS) is 2. The zero-order valence-corrected chi connectivity index (χ0v) is 25.6. The van der Waals surface area contributed by atoms with Gasteiger partial charge in [0.1, 0.15) is 22.7 Å². The lowest BCUT2D eigenvalue weighted by Crippen LogP contribution is -2.14. The molecular weight excluding hydrogens is 620 g/mol. The number of amides is 2. The van der Waals surface area contributed by atoms with Gasteiger partial charge in [-0.25, -0.2) is 19.6 Å². The normalized spacial score (nSPS) is 11.1. The summed E-state index contributed by atoms with van der Waals surface area (Å²) in [5.74, 6) is -3.00. The highest BCUT2D eigenvalue weighted by Gasteiger charge is 2.26. The Kier molecular flexibility index (Phi) is 7.98. The fourth-order valence-electron chi connectivity index (χ4n) is 5.93. The van der Waals surface area contributed by atoms with E-state index in [2.05, 4.69) is 0 Å². The molecule has 14 nitrogen and oxygen atoms in total. The van der Waals surface area contributed by atoms with Crippen molar-refractivity contribution in [3.63, 3.8) is 0 Å². The Morgan fingerprint density at radius 1 is 0.604 bits per heavy atom. The Balaban J connectivity index is 1.61. The Hall–Kier alpha value is -6.70. The number of aryl methyl sites for hydroxylation is 2. The summed E-state index contributed by atoms with van der Waals surface area (Å²) < 4.78 is 14.7. The van der Waals surface area contributed by atoms with Crippen molar-refractivity contribution in [2.45, 2.75) is 13.1 Å². The number of hydrogen-bond acceptors (Lipinski definition) is 8. The van der Waals surface area contributed by atoms with E-state index in [1.807, 2.05) is 0 Å². The number of primary amides is 2. The summed E-state index contributed by atoms with van der Waals surface area (Å²) in [6, 6.07) is 19.0. The average molecular weight is 649 g/mol. The molecule has 48 heavy (non-hydrogen) atoms. The minimum Gasteiger partial charge on any atom is -0.494 e. The largest absolute Gasteiger partial charge is 0.494 e. The first-order valence-corrected chi connectivity index (χ1v) is 14.5. The topological polar surface area (TPSA) is 215 Å². The van der Waals surface area contributed by atoms with Crippen LogP contribution in [0.1, 0.15) is 41.4 Å². The number of ether oxygens (including phenoxy) is 2. The van der Waals surface area contributed by atoms with Crippen molar-refractivity contribution >= 4 is 45.8 Å². The summed E-state index contributed by atoms with van der Waals surface area (Å²) in [5.41, 5.74) is 13.6. The maximum absolute atomic E-state index is 12.3. The van der Waals surface area contributed by atoms with Crippen LogP contribution in [-0.2, 0) is 13.1 Å². The molecule has 0 saturated carbocycles. The molecular formula is C34H28N6O8. The molecule has 0 aliphatic heterocycles. The van der Waals surface area contributed by atoms with Crippen LogP contribution in [0.15, 0.2) is 72.8 Å². The Labute approximate surface area is 271 Å². The van der Waals surface area contributed by atoms with Crippen molar-refractivity contribution < 1.29 is 38.9 Å². The minimum absolute atomic E-state index is 0.00368. The predicted octanol–water partition coefficient (Wildman–Crippen LogP) is 4.03. The van der Waals surface area contributed by atoms with E-state index in [0.717, 1.165) is 0 Å². The number of fused-ring (bicyclic) bond motifs is 2. The first-order valence-electron chi connectivity index (χ1n) is 14.5. The number of nitrogens with two attached hydrogens (primary N) is 2. The first kappa shape index (κ1) is 31.3. The predicted molar refractivity (Wildman–Crippen MR) is 174 cm³/mol. The van der Waals surface area contributed by atoms with Gasteiger partial charge in [0.15, 0.2) is 11.5 Å². The molecule has 0 atom stereocenters. The van der Waals surface area contributed by atoms with E-state index in [1.165, 1.54) is 38.5 Å². The summed E-state index contributed by atoms with van der Waals surface area (Å²) in [6.45, 7) is 0.291. The molecule has 14 heteroatoms. The number of aromatic carboxylic acids is 2. The molecule has 4 aromatic carbocycles. The van der Waals surface area contributed by atoms with Crippen LogP contribution in [0.2, 0.25) is 0 Å². The third-order valence-electron chi connectivity index (χ3n) is 8.03. The second-order valence-electron chi connectivity index (χ2n) is 10.6. The maximum Gasteiger partial charge on any atom is 0.336 e. The second kappa shape index (κ2) is 12.2. The molecule has 2 aromatic heterocycles. The summed E-state index contributed by atoms with van der Waals surface area (Å²) in [6.07, 6.45) is 0. The Bertz CT molecular complexity index is 2140. The monoisotopic (exact) mass is 648 g/mol. The van der Waals surface area contributed by atoms with Gasteiger partial charge >= 0.3 is 11.9 Å². The molecule has 6 N–H and O–H groups in total. The molecule has 0 aliphatic rings. The van der Waals surface area contributed by atoms with Crippen LogP contribution in [0.5, 0.6) is 11.5 Å². The van der Waals surface area contributed by atoms with Gasteiger partial charge in [-0.3, -0.25) is 9.59 Å². The van der Waals surface area contributed by atoms with Gasteiger partial charge < -0.3 is 40.3 Å². The summed E-state index contributed by atoms with van der Waals surface area (Å²) in [5, 5.41) is 20.0. The first-order chi connectivity index (χ1) is 23.1. The maximum atomic E-state index is 12.3. The number of nitrogens with zero attached hydrogens (tertiary/aromatic N) is 4. The lowest BCUT2D eigenvalue weighted by atomic mass is 10.1. The lowest BCUT2D eigenvalue weighted by molar-refractivity contribution is 0.0686. The van der Waals surface area contributed by atoms with Crippen LogP contribution in [-0.4, -0.2) is 67.3 Å². The molecule has 0 radical (unpaired) electrons. The van der Waals surface area contributed by atoms with Crippen LogP contribution in [0.25, 0.3) is 44.8 Å². The number of rotatable bonds is 11. The molecule has 6 rings (SSSR count). The molecule has 2 amide bonds. The third kappa shape index (κ3) is 5.10. The van der Waals surface area contributed by atoms with E-state index in [0.29, 0.717) is 22.2 Å². The SMILES string of the molecule is COc1c(C(N)=O)ccc2c1nc(-c1ccccc1C(=O)O)n2CCn1c(-c2ccccc2C(=O)O)nc2c(OC)c(C(N)=O)ccc21. The van der Waals surface area contributed by atoms with Crippen LogP contribution >= 0.6 is 0 Å². The van der Waals surface area contributed by atoms with E-state index < -0.39 is 23.8 Å². The van der Waals surface area contributed by atoms with Crippen molar-refractivity contribution in [2.75, 3.05) is 14.2 Å². The molecule has 0 aliphatic carbocycles. The number of carbonyl (C=O) groups excluding carboxylic acids is 2. The molecule has 2 heterocycles. The molecule has 0 saturated heterocycles. The molecule has 6 aromatic rings. The smallest absolute Gasteiger partial charge is 0.336 e. The molecule has 0 spiro atoms. The van der Waals surface area contributed by atoms with Gasteiger partial charge in [0, 0.05) is 24.2 Å². The zero-order valence-electron chi connectivity index (χ0n) is 25.6. The van der Waals surface area contributed by atoms with Gasteiger partial charge in [0.25, 0.3) is 11.8 Å². The standard InChI is InChI=1S/C34H28N6O8/c1-47-27-21(29(35)41)11-13-23-25(27)37-31(17-7-3-5-9-19(17)33(43)44)39(23)15-16-40-24-14-12-22(30(36)42)28(48-2)26(24)38-32(40)18-8-4-6-10-20(18)34(45)46/h3-14H,15-16H2,1-2H3,(H2,35,41)(H2,36,42)(H,43,44)(H,45,46). The molecule has 0 unspecified atom stereocenters. The van der Waals surface area contributed by atoms with E-state index in [1.54, 1.807) is 57.7 Å². The third-order valence-corrected chi connectivity index (χ3v) is 8.03. The van der Waals surface area contributed by atoms with Gasteiger partial charge in [0.2, 0.25) is 0 Å². The number of hydrogen-bond donors (Lipinski definition) is 4. The number of carbonyl (C=O) groups is 4. The summed E-state index contributed by atoms with van der Waals surface area (Å²) >= 11 is 0. The summed E-state index contributed by atoms with van der Waals surface area (Å²) in [4.78, 5) is 58.6. The van der Waals surface area contributed by atoms with Crippen molar-refractivity contribution in [2.24, 2.45) is 11.5 Å². The number of aromatic nitrogens is 4. The molecule has 0 fully saturated rings. The van der Waals surface area contributed by atoms with Crippen molar-refractivity contribution in [1.29, 1.82) is 0 Å². The molecule has 242 valence electrons. The van der Waals surface area contributed by atoms with Crippen LogP contribution in [0.3, 0.4) is 0 Å². The quantitative estimate of drug-likeness (QED) is 0.158. The fourth-order valence-corrected chi connectivity index (χ4v) is 5.93. The van der Waals surface area contributed by atoms with Crippen LogP contribution in [0.4, 0.5) is 0 Å². The highest BCUT2D eigenvalue weighted by atomic mass is 16.5. The van der Waals surface area contributed by atoms with Gasteiger partial charge in [-0.1, -0.05) is 36.4 Å². The van der Waals surface area contributed by atoms with E-state index in [9.17, 15) is 29.4 Å². The number of benzene rings is 4. The van der Waals surface area contributed by atoms with Gasteiger partial charge in [0.05, 0.1) is 47.5 Å². The van der Waals surface area contributed by atoms with Gasteiger partial charge in [-0.05, 0) is 36.4 Å². The number of methoxy groups -OCH3 is 2. The van der Waals surface area contributed by atoms with Crippen LogP contribution < -0.4 is 20.9 Å². The van der Waals surface area contributed by atoms with Crippen molar-refractivity contribution in [3.05, 3.63) is 95.1 Å². The zero-order chi connectivity index (χ0) is 34.3. The van der Waals surface area contributed by atoms with Crippen molar-refractivity contribution in [1.82, 2.24) is 19.1 Å². The van der Waals surface area contributed by atoms with Crippen molar-refractivity contribution in [3.8, 4) is 34.3 Å². The fraction of sp³-hybridized carbons (Fsp3) is 0.118. The van der Waals surface area contributed by atoms with Gasteiger partial charge in [-0.2, -0.15) is 0 Å². The number of carboxylic acids is 2.